The van der Waals surface area contributed by atoms with Gasteiger partial charge in [-0.3, -0.25) is 4.98 Å². The molecule has 2 aromatic rings. The van der Waals surface area contributed by atoms with E-state index < -0.39 is 5.69 Å². The van der Waals surface area contributed by atoms with Crippen LogP contribution in [-0.2, 0) is 6.42 Å². The highest BCUT2D eigenvalue weighted by atomic mass is 16.5. The van der Waals surface area contributed by atoms with Gasteiger partial charge in [0.1, 0.15) is 11.6 Å². The molecule has 0 bridgehead atoms. The second-order valence-corrected chi connectivity index (χ2v) is 3.84. The van der Waals surface area contributed by atoms with Crippen molar-refractivity contribution in [2.24, 2.45) is 0 Å². The molecule has 1 heterocycles. The van der Waals surface area contributed by atoms with E-state index in [-0.39, 0.29) is 0 Å². The number of H-pyrrole nitrogens is 1. The van der Waals surface area contributed by atoms with Crippen LogP contribution in [0.2, 0.25) is 0 Å². The fourth-order valence-electron chi connectivity index (χ4n) is 1.73. The third-order valence-electron chi connectivity index (χ3n) is 2.58. The standard InChI is InChI=1S/C13H15N3O2/c1-2-18-11-6-4-3-5-9(11)7-10-8-15-13(17)16-12(10)14/h3-6,8H,2,7H2,1H3,(H3,14,15,16,17). The van der Waals surface area contributed by atoms with Crippen LogP contribution in [-0.4, -0.2) is 16.6 Å². The Morgan fingerprint density at radius 3 is 2.83 bits per heavy atom. The smallest absolute Gasteiger partial charge is 0.346 e. The number of rotatable bonds is 4. The van der Waals surface area contributed by atoms with Crippen molar-refractivity contribution in [1.82, 2.24) is 9.97 Å². The highest BCUT2D eigenvalue weighted by molar-refractivity contribution is 5.44. The molecule has 3 N–H and O–H groups in total. The molecule has 0 unspecified atom stereocenters. The molecule has 0 aliphatic heterocycles. The number of para-hydroxylation sites is 1. The molecule has 18 heavy (non-hydrogen) atoms. The number of nitrogens with two attached hydrogens (primary N) is 1. The highest BCUT2D eigenvalue weighted by Gasteiger charge is 2.07. The summed E-state index contributed by atoms with van der Waals surface area (Å²) in [5, 5.41) is 0. The third kappa shape index (κ3) is 2.68. The number of nitrogens with one attached hydrogen (secondary N) is 1. The van der Waals surface area contributed by atoms with Crippen LogP contribution in [0.25, 0.3) is 0 Å². The van der Waals surface area contributed by atoms with Crippen molar-refractivity contribution in [2.75, 3.05) is 12.3 Å². The Kier molecular flexibility index (Phi) is 3.62. The largest absolute Gasteiger partial charge is 0.494 e. The van der Waals surface area contributed by atoms with Crippen LogP contribution in [0, 0.1) is 0 Å². The molecule has 0 radical (unpaired) electrons. The Hall–Kier alpha value is -2.30. The van der Waals surface area contributed by atoms with Gasteiger partial charge in [0.05, 0.1) is 6.61 Å². The van der Waals surface area contributed by atoms with E-state index in [1.165, 1.54) is 6.20 Å². The summed E-state index contributed by atoms with van der Waals surface area (Å²) in [6, 6.07) is 7.74. The van der Waals surface area contributed by atoms with Gasteiger partial charge in [0.15, 0.2) is 0 Å². The van der Waals surface area contributed by atoms with Crippen molar-refractivity contribution in [3.63, 3.8) is 0 Å². The summed E-state index contributed by atoms with van der Waals surface area (Å²) in [7, 11) is 0. The van der Waals surface area contributed by atoms with E-state index in [2.05, 4.69) is 9.97 Å². The number of hydrogen-bond acceptors (Lipinski definition) is 4. The molecule has 0 amide bonds. The Morgan fingerprint density at radius 1 is 1.33 bits per heavy atom. The van der Waals surface area contributed by atoms with Crippen molar-refractivity contribution in [3.05, 3.63) is 52.1 Å². The summed E-state index contributed by atoms with van der Waals surface area (Å²) in [5.74, 6) is 1.17. The highest BCUT2D eigenvalue weighted by Crippen LogP contribution is 2.22. The number of ether oxygens (including phenoxy) is 1. The van der Waals surface area contributed by atoms with Crippen LogP contribution in [0.4, 0.5) is 5.82 Å². The normalized spacial score (nSPS) is 10.3. The van der Waals surface area contributed by atoms with Gasteiger partial charge in [-0.2, -0.15) is 0 Å². The molecule has 5 nitrogen and oxygen atoms in total. The summed E-state index contributed by atoms with van der Waals surface area (Å²) in [6.45, 7) is 2.54. The van der Waals surface area contributed by atoms with Gasteiger partial charge in [0, 0.05) is 18.2 Å². The van der Waals surface area contributed by atoms with Gasteiger partial charge in [-0.05, 0) is 18.6 Å². The molecule has 1 aromatic carbocycles. The van der Waals surface area contributed by atoms with Gasteiger partial charge < -0.3 is 10.5 Å². The number of aromatic nitrogens is 2. The van der Waals surface area contributed by atoms with E-state index in [1.807, 2.05) is 31.2 Å². The van der Waals surface area contributed by atoms with E-state index in [0.29, 0.717) is 18.8 Å². The SMILES string of the molecule is CCOc1ccccc1Cc1cnc(=O)[nH]c1N. The van der Waals surface area contributed by atoms with Gasteiger partial charge in [0.2, 0.25) is 0 Å². The summed E-state index contributed by atoms with van der Waals surface area (Å²) >= 11 is 0. The number of nitrogens with zero attached hydrogens (tertiary/aromatic N) is 1. The quantitative estimate of drug-likeness (QED) is 0.851. The molecule has 0 spiro atoms. The van der Waals surface area contributed by atoms with Crippen LogP contribution < -0.4 is 16.2 Å². The average molecular weight is 245 g/mol. The van der Waals surface area contributed by atoms with E-state index >= 15 is 0 Å². The molecule has 0 atom stereocenters. The van der Waals surface area contributed by atoms with Gasteiger partial charge in [-0.25, -0.2) is 9.78 Å². The van der Waals surface area contributed by atoms with Gasteiger partial charge in [0.25, 0.3) is 0 Å². The molecule has 1 aromatic heterocycles. The third-order valence-corrected chi connectivity index (χ3v) is 2.58. The summed E-state index contributed by atoms with van der Waals surface area (Å²) in [4.78, 5) is 17.2. The minimum Gasteiger partial charge on any atom is -0.494 e. The lowest BCUT2D eigenvalue weighted by Gasteiger charge is -2.10. The zero-order valence-electron chi connectivity index (χ0n) is 10.1. The Labute approximate surface area is 105 Å². The predicted octanol–water partition coefficient (Wildman–Crippen LogP) is 1.34. The van der Waals surface area contributed by atoms with E-state index in [1.54, 1.807) is 0 Å². The first-order chi connectivity index (χ1) is 8.70. The minimum absolute atomic E-state index is 0.348. The monoisotopic (exact) mass is 245 g/mol. The molecule has 5 heteroatoms. The number of aromatic amines is 1. The van der Waals surface area contributed by atoms with E-state index in [0.717, 1.165) is 16.9 Å². The average Bonchev–Trinajstić information content (AvgIpc) is 2.35. The summed E-state index contributed by atoms with van der Waals surface area (Å²) in [6.07, 6.45) is 2.07. The maximum Gasteiger partial charge on any atom is 0.346 e. The summed E-state index contributed by atoms with van der Waals surface area (Å²) < 4.78 is 5.54. The number of hydrogen-bond donors (Lipinski definition) is 2. The van der Waals surface area contributed by atoms with Crippen molar-refractivity contribution >= 4 is 5.82 Å². The lowest BCUT2D eigenvalue weighted by molar-refractivity contribution is 0.337. The first-order valence-electron chi connectivity index (χ1n) is 5.75. The summed E-state index contributed by atoms with van der Waals surface area (Å²) in [5.41, 5.74) is 7.11. The Bertz CT molecular complexity index is 593. The van der Waals surface area contributed by atoms with Crippen LogP contribution in [0.15, 0.2) is 35.3 Å². The molecule has 0 saturated carbocycles. The molecule has 0 fully saturated rings. The molecule has 94 valence electrons. The molecular weight excluding hydrogens is 230 g/mol. The lowest BCUT2D eigenvalue weighted by atomic mass is 10.1. The van der Waals surface area contributed by atoms with Crippen molar-refractivity contribution < 1.29 is 4.74 Å². The van der Waals surface area contributed by atoms with Crippen LogP contribution in [0.5, 0.6) is 5.75 Å². The fourth-order valence-corrected chi connectivity index (χ4v) is 1.73. The van der Waals surface area contributed by atoms with Gasteiger partial charge >= 0.3 is 5.69 Å². The topological polar surface area (TPSA) is 81.0 Å². The zero-order valence-corrected chi connectivity index (χ0v) is 10.1. The maximum absolute atomic E-state index is 11.0. The van der Waals surface area contributed by atoms with Crippen molar-refractivity contribution in [3.8, 4) is 5.75 Å². The first kappa shape index (κ1) is 12.2. The number of benzene rings is 1. The fraction of sp³-hybridized carbons (Fsp3) is 0.231. The second kappa shape index (κ2) is 5.35. The second-order valence-electron chi connectivity index (χ2n) is 3.84. The maximum atomic E-state index is 11.0. The van der Waals surface area contributed by atoms with Crippen molar-refractivity contribution in [1.29, 1.82) is 0 Å². The number of anilines is 1. The van der Waals surface area contributed by atoms with Crippen molar-refractivity contribution in [2.45, 2.75) is 13.3 Å². The molecule has 0 aliphatic carbocycles. The van der Waals surface area contributed by atoms with E-state index in [4.69, 9.17) is 10.5 Å². The zero-order chi connectivity index (χ0) is 13.0. The van der Waals surface area contributed by atoms with Crippen LogP contribution >= 0.6 is 0 Å². The Balaban J connectivity index is 2.30. The molecule has 0 saturated heterocycles. The lowest BCUT2D eigenvalue weighted by Crippen LogP contribution is -2.14. The first-order valence-corrected chi connectivity index (χ1v) is 5.75. The van der Waals surface area contributed by atoms with Gasteiger partial charge in [-0.15, -0.1) is 0 Å². The van der Waals surface area contributed by atoms with Gasteiger partial charge in [-0.1, -0.05) is 18.2 Å². The number of nitrogen functional groups attached to an aromatic ring is 1. The predicted molar refractivity (Wildman–Crippen MR) is 69.7 cm³/mol. The van der Waals surface area contributed by atoms with Crippen LogP contribution in [0.1, 0.15) is 18.1 Å². The Morgan fingerprint density at radius 2 is 2.11 bits per heavy atom. The van der Waals surface area contributed by atoms with Crippen LogP contribution in [0.3, 0.4) is 0 Å². The van der Waals surface area contributed by atoms with E-state index in [9.17, 15) is 4.79 Å². The molecule has 0 aliphatic rings. The molecule has 2 rings (SSSR count). The molecular formula is C13H15N3O2. The minimum atomic E-state index is -0.436.